The lowest BCUT2D eigenvalue weighted by Gasteiger charge is -2.21. The van der Waals surface area contributed by atoms with Gasteiger partial charge in [0.15, 0.2) is 0 Å². The van der Waals surface area contributed by atoms with Gasteiger partial charge in [-0.25, -0.2) is 4.79 Å². The van der Waals surface area contributed by atoms with Crippen LogP contribution in [-0.2, 0) is 4.74 Å². The van der Waals surface area contributed by atoms with E-state index in [-0.39, 0.29) is 5.97 Å². The molecule has 0 bridgehead atoms. The summed E-state index contributed by atoms with van der Waals surface area (Å²) in [5.74, 6) is 0.786. The first kappa shape index (κ1) is 12.9. The Morgan fingerprint density at radius 1 is 1.28 bits per heavy atom. The number of quaternary nitrogens is 1. The molecule has 1 fully saturated rings. The molecule has 0 radical (unpaired) electrons. The number of hydrogen-bond acceptors (Lipinski definition) is 3. The number of piperidine rings is 1. The summed E-state index contributed by atoms with van der Waals surface area (Å²) in [7, 11) is 2.96. The van der Waals surface area contributed by atoms with Crippen LogP contribution in [0.2, 0.25) is 0 Å². The predicted molar refractivity (Wildman–Crippen MR) is 68.0 cm³/mol. The van der Waals surface area contributed by atoms with Crippen molar-refractivity contribution in [2.24, 2.45) is 0 Å². The van der Waals surface area contributed by atoms with E-state index in [1.54, 1.807) is 7.11 Å². The van der Waals surface area contributed by atoms with Gasteiger partial charge < -0.3 is 14.8 Å². The number of esters is 1. The number of nitrogens with two attached hydrogens (primary N) is 1. The fourth-order valence-corrected chi connectivity index (χ4v) is 2.51. The Kier molecular flexibility index (Phi) is 4.20. The third kappa shape index (κ3) is 2.64. The van der Waals surface area contributed by atoms with Crippen molar-refractivity contribution in [3.8, 4) is 5.75 Å². The highest BCUT2D eigenvalue weighted by molar-refractivity contribution is 5.92. The number of rotatable bonds is 3. The lowest BCUT2D eigenvalue weighted by Crippen LogP contribution is -2.86. The zero-order valence-corrected chi connectivity index (χ0v) is 10.9. The van der Waals surface area contributed by atoms with Gasteiger partial charge in [0, 0.05) is 12.8 Å². The Hall–Kier alpha value is -1.55. The molecule has 0 unspecified atom stereocenters. The Morgan fingerprint density at radius 2 is 2.00 bits per heavy atom. The first-order chi connectivity index (χ1) is 8.76. The van der Waals surface area contributed by atoms with Crippen molar-refractivity contribution < 1.29 is 19.6 Å². The third-order valence-corrected chi connectivity index (χ3v) is 3.54. The first-order valence-electron chi connectivity index (χ1n) is 6.34. The van der Waals surface area contributed by atoms with E-state index < -0.39 is 0 Å². The van der Waals surface area contributed by atoms with Gasteiger partial charge in [0.25, 0.3) is 0 Å². The van der Waals surface area contributed by atoms with Gasteiger partial charge in [-0.15, -0.1) is 0 Å². The molecule has 1 aromatic rings. The average Bonchev–Trinajstić information content (AvgIpc) is 2.46. The summed E-state index contributed by atoms with van der Waals surface area (Å²) in [4.78, 5) is 11.7. The van der Waals surface area contributed by atoms with Crippen molar-refractivity contribution in [2.45, 2.75) is 18.8 Å². The van der Waals surface area contributed by atoms with Crippen molar-refractivity contribution in [1.29, 1.82) is 0 Å². The van der Waals surface area contributed by atoms with Gasteiger partial charge in [-0.1, -0.05) is 6.07 Å². The van der Waals surface area contributed by atoms with E-state index in [1.807, 2.05) is 12.1 Å². The molecule has 4 heteroatoms. The molecule has 0 amide bonds. The largest absolute Gasteiger partial charge is 0.496 e. The highest BCUT2D eigenvalue weighted by Crippen LogP contribution is 2.28. The molecule has 1 aromatic carbocycles. The number of hydrogen-bond donors (Lipinski definition) is 1. The molecule has 1 aliphatic rings. The molecule has 4 nitrogen and oxygen atoms in total. The normalized spacial score (nSPS) is 16.3. The molecule has 1 saturated heterocycles. The molecule has 1 heterocycles. The van der Waals surface area contributed by atoms with Crippen LogP contribution in [0, 0.1) is 0 Å². The average molecular weight is 250 g/mol. The molecular formula is C14H20NO3+. The smallest absolute Gasteiger partial charge is 0.341 e. The van der Waals surface area contributed by atoms with Crippen LogP contribution >= 0.6 is 0 Å². The zero-order chi connectivity index (χ0) is 13.0. The van der Waals surface area contributed by atoms with Gasteiger partial charge in [0.2, 0.25) is 0 Å². The van der Waals surface area contributed by atoms with Gasteiger partial charge in [-0.2, -0.15) is 0 Å². The van der Waals surface area contributed by atoms with Crippen LogP contribution in [0.3, 0.4) is 0 Å². The Balaban J connectivity index is 2.29. The topological polar surface area (TPSA) is 52.1 Å². The first-order valence-corrected chi connectivity index (χ1v) is 6.34. The molecule has 1 aliphatic heterocycles. The van der Waals surface area contributed by atoms with Crippen LogP contribution in [0.1, 0.15) is 34.7 Å². The second-order valence-electron chi connectivity index (χ2n) is 4.59. The second kappa shape index (κ2) is 5.87. The van der Waals surface area contributed by atoms with E-state index in [9.17, 15) is 4.79 Å². The van der Waals surface area contributed by atoms with Crippen LogP contribution in [0.15, 0.2) is 18.2 Å². The number of carbonyl (C=O) groups excluding carboxylic acids is 1. The van der Waals surface area contributed by atoms with Crippen molar-refractivity contribution in [3.63, 3.8) is 0 Å². The van der Waals surface area contributed by atoms with E-state index >= 15 is 0 Å². The van der Waals surface area contributed by atoms with Gasteiger partial charge in [0.1, 0.15) is 11.3 Å². The highest BCUT2D eigenvalue weighted by Gasteiger charge is 2.20. The van der Waals surface area contributed by atoms with Crippen LogP contribution in [-0.4, -0.2) is 33.3 Å². The zero-order valence-electron chi connectivity index (χ0n) is 10.9. The summed E-state index contributed by atoms with van der Waals surface area (Å²) < 4.78 is 10.00. The number of carbonyl (C=O) groups is 1. The number of ether oxygens (including phenoxy) is 2. The fourth-order valence-electron chi connectivity index (χ4n) is 2.51. The van der Waals surface area contributed by atoms with Gasteiger partial charge in [-0.3, -0.25) is 0 Å². The van der Waals surface area contributed by atoms with Crippen LogP contribution < -0.4 is 10.1 Å². The molecule has 0 atom stereocenters. The van der Waals surface area contributed by atoms with E-state index in [4.69, 9.17) is 9.47 Å². The van der Waals surface area contributed by atoms with E-state index in [2.05, 4.69) is 11.4 Å². The summed E-state index contributed by atoms with van der Waals surface area (Å²) in [5.41, 5.74) is 1.73. The maximum absolute atomic E-state index is 11.7. The van der Waals surface area contributed by atoms with Gasteiger partial charge >= 0.3 is 5.97 Å². The monoisotopic (exact) mass is 250 g/mol. The van der Waals surface area contributed by atoms with E-state index in [0.29, 0.717) is 17.2 Å². The predicted octanol–water partition coefficient (Wildman–Crippen LogP) is 0.923. The quantitative estimate of drug-likeness (QED) is 0.812. The molecule has 98 valence electrons. The molecule has 18 heavy (non-hydrogen) atoms. The SMILES string of the molecule is COC(=O)c1cc(C2CC[NH2+]CC2)ccc1OC. The summed E-state index contributed by atoms with van der Waals surface area (Å²) >= 11 is 0. The van der Waals surface area contributed by atoms with Crippen molar-refractivity contribution in [2.75, 3.05) is 27.3 Å². The minimum Gasteiger partial charge on any atom is -0.496 e. The minimum atomic E-state index is -0.337. The second-order valence-corrected chi connectivity index (χ2v) is 4.59. The molecule has 0 spiro atoms. The highest BCUT2D eigenvalue weighted by atomic mass is 16.5. The molecule has 0 saturated carbocycles. The third-order valence-electron chi connectivity index (χ3n) is 3.54. The molecule has 0 aliphatic carbocycles. The van der Waals surface area contributed by atoms with Gasteiger partial charge in [0.05, 0.1) is 27.3 Å². The molecule has 0 aromatic heterocycles. The summed E-state index contributed by atoms with van der Waals surface area (Å²) in [5, 5.41) is 2.33. The van der Waals surface area contributed by atoms with Crippen LogP contribution in [0.25, 0.3) is 0 Å². The molecular weight excluding hydrogens is 230 g/mol. The van der Waals surface area contributed by atoms with Crippen molar-refractivity contribution >= 4 is 5.97 Å². The Labute approximate surface area is 107 Å². The molecule has 2 N–H and O–H groups in total. The standard InChI is InChI=1S/C14H19NO3/c1-17-13-4-3-11(9-12(13)14(16)18-2)10-5-7-15-8-6-10/h3-4,9-10,15H,5-8H2,1-2H3/p+1. The van der Waals surface area contributed by atoms with E-state index in [0.717, 1.165) is 25.9 Å². The van der Waals surface area contributed by atoms with E-state index in [1.165, 1.54) is 12.7 Å². The van der Waals surface area contributed by atoms with Crippen molar-refractivity contribution in [3.05, 3.63) is 29.3 Å². The minimum absolute atomic E-state index is 0.337. The van der Waals surface area contributed by atoms with Crippen LogP contribution in [0.4, 0.5) is 0 Å². The summed E-state index contributed by atoms with van der Waals surface area (Å²) in [6, 6.07) is 5.84. The van der Waals surface area contributed by atoms with Gasteiger partial charge in [-0.05, 0) is 23.6 Å². The lowest BCUT2D eigenvalue weighted by molar-refractivity contribution is -0.663. The Morgan fingerprint density at radius 3 is 2.61 bits per heavy atom. The fraction of sp³-hybridized carbons (Fsp3) is 0.500. The summed E-state index contributed by atoms with van der Waals surface area (Å²) in [6.45, 7) is 2.31. The number of methoxy groups -OCH3 is 2. The lowest BCUT2D eigenvalue weighted by atomic mass is 9.89. The van der Waals surface area contributed by atoms with Crippen molar-refractivity contribution in [1.82, 2.24) is 0 Å². The number of benzene rings is 1. The Bertz CT molecular complexity index is 425. The maximum Gasteiger partial charge on any atom is 0.341 e. The maximum atomic E-state index is 11.7. The van der Waals surface area contributed by atoms with Crippen LogP contribution in [0.5, 0.6) is 5.75 Å². The molecule has 2 rings (SSSR count). The summed E-state index contributed by atoms with van der Waals surface area (Å²) in [6.07, 6.45) is 2.32.